The second-order valence-electron chi connectivity index (χ2n) is 7.32. The molecule has 0 aromatic heterocycles. The molecule has 1 saturated heterocycles. The monoisotopic (exact) mass is 333 g/mol. The van der Waals surface area contributed by atoms with Crippen LogP contribution in [0.25, 0.3) is 0 Å². The van der Waals surface area contributed by atoms with Gasteiger partial charge in [-0.1, -0.05) is 12.1 Å². The first kappa shape index (κ1) is 18.6. The molecule has 1 aromatic rings. The summed E-state index contributed by atoms with van der Waals surface area (Å²) in [5.41, 5.74) is 0.647. The molecule has 1 N–H and O–H groups in total. The molecule has 1 aliphatic rings. The zero-order valence-electron chi connectivity index (χ0n) is 15.6. The van der Waals surface area contributed by atoms with Gasteiger partial charge in [-0.2, -0.15) is 0 Å². The Balaban J connectivity index is 1.99. The topological polar surface area (TPSA) is 44.8 Å². The molecule has 1 aliphatic heterocycles. The van der Waals surface area contributed by atoms with Gasteiger partial charge < -0.3 is 19.9 Å². The highest BCUT2D eigenvalue weighted by atomic mass is 16.5. The van der Waals surface area contributed by atoms with Crippen molar-refractivity contribution in [1.29, 1.82) is 0 Å². The molecule has 1 heterocycles. The van der Waals surface area contributed by atoms with E-state index in [0.717, 1.165) is 43.7 Å². The van der Waals surface area contributed by atoms with E-state index in [1.54, 1.807) is 7.11 Å². The Kier molecular flexibility index (Phi) is 6.10. The second-order valence-corrected chi connectivity index (χ2v) is 7.32. The molecule has 24 heavy (non-hydrogen) atoms. The minimum Gasteiger partial charge on any atom is -0.497 e. The van der Waals surface area contributed by atoms with Gasteiger partial charge in [0, 0.05) is 19.1 Å². The number of benzene rings is 1. The number of ether oxygens (including phenoxy) is 1. The Morgan fingerprint density at radius 3 is 2.46 bits per heavy atom. The molecular weight excluding hydrogens is 302 g/mol. The van der Waals surface area contributed by atoms with E-state index in [4.69, 9.17) is 4.74 Å². The molecule has 2 rings (SSSR count). The third-order valence-corrected chi connectivity index (χ3v) is 4.95. The van der Waals surface area contributed by atoms with Gasteiger partial charge in [-0.15, -0.1) is 0 Å². The highest BCUT2D eigenvalue weighted by Crippen LogP contribution is 2.23. The summed E-state index contributed by atoms with van der Waals surface area (Å²) in [4.78, 5) is 16.9. The summed E-state index contributed by atoms with van der Waals surface area (Å²) in [5, 5.41) is 3.18. The van der Waals surface area contributed by atoms with Gasteiger partial charge in [-0.3, -0.25) is 0 Å². The number of likely N-dealkylation sites (tertiary alicyclic amines) is 1. The van der Waals surface area contributed by atoms with Crippen molar-refractivity contribution in [2.75, 3.05) is 34.3 Å². The van der Waals surface area contributed by atoms with Crippen molar-refractivity contribution in [1.82, 2.24) is 15.1 Å². The first-order chi connectivity index (χ1) is 11.3. The summed E-state index contributed by atoms with van der Waals surface area (Å²) in [6.45, 7) is 5.71. The van der Waals surface area contributed by atoms with Gasteiger partial charge >= 0.3 is 6.03 Å². The van der Waals surface area contributed by atoms with Crippen molar-refractivity contribution >= 4 is 6.03 Å². The average molecular weight is 333 g/mol. The lowest BCUT2D eigenvalue weighted by atomic mass is 9.94. The van der Waals surface area contributed by atoms with Gasteiger partial charge in [0.05, 0.1) is 12.6 Å². The number of carbonyl (C=O) groups excluding carboxylic acids is 1. The smallest absolute Gasteiger partial charge is 0.318 e. The molecule has 0 bridgehead atoms. The van der Waals surface area contributed by atoms with E-state index < -0.39 is 5.54 Å². The number of rotatable bonds is 4. The molecule has 5 nitrogen and oxygen atoms in total. The van der Waals surface area contributed by atoms with Crippen LogP contribution in [-0.2, 0) is 5.54 Å². The van der Waals surface area contributed by atoms with Crippen LogP contribution in [0, 0.1) is 0 Å². The second kappa shape index (κ2) is 7.88. The van der Waals surface area contributed by atoms with Crippen LogP contribution in [0.5, 0.6) is 5.75 Å². The fourth-order valence-electron chi connectivity index (χ4n) is 3.22. The third-order valence-electron chi connectivity index (χ3n) is 4.95. The summed E-state index contributed by atoms with van der Waals surface area (Å²) in [5.74, 6) is 0.822. The summed E-state index contributed by atoms with van der Waals surface area (Å²) in [7, 11) is 5.89. The van der Waals surface area contributed by atoms with E-state index in [9.17, 15) is 4.79 Å². The summed E-state index contributed by atoms with van der Waals surface area (Å²) in [6, 6.07) is 8.45. The number of carbonyl (C=O) groups is 1. The summed E-state index contributed by atoms with van der Waals surface area (Å²) < 4.78 is 5.20. The number of nitrogens with zero attached hydrogens (tertiary/aromatic N) is 2. The maximum Gasteiger partial charge on any atom is 0.318 e. The number of urea groups is 1. The fourth-order valence-corrected chi connectivity index (χ4v) is 3.22. The first-order valence-electron chi connectivity index (χ1n) is 8.71. The van der Waals surface area contributed by atoms with Gasteiger partial charge in [0.2, 0.25) is 0 Å². The Hall–Kier alpha value is -1.75. The maximum absolute atomic E-state index is 12.7. The van der Waals surface area contributed by atoms with Crippen LogP contribution in [0.2, 0.25) is 0 Å². The zero-order chi connectivity index (χ0) is 17.7. The van der Waals surface area contributed by atoms with E-state index in [-0.39, 0.29) is 6.03 Å². The number of nitrogens with one attached hydrogen (secondary N) is 1. The van der Waals surface area contributed by atoms with Gasteiger partial charge in [-0.05, 0) is 64.9 Å². The molecule has 1 atom stereocenters. The van der Waals surface area contributed by atoms with E-state index in [0.29, 0.717) is 6.04 Å². The van der Waals surface area contributed by atoms with E-state index in [2.05, 4.69) is 24.3 Å². The quantitative estimate of drug-likeness (QED) is 0.921. The van der Waals surface area contributed by atoms with Crippen molar-refractivity contribution in [2.24, 2.45) is 0 Å². The van der Waals surface area contributed by atoms with E-state index >= 15 is 0 Å². The average Bonchev–Trinajstić information content (AvgIpc) is 2.80. The largest absolute Gasteiger partial charge is 0.497 e. The van der Waals surface area contributed by atoms with Crippen LogP contribution in [0.1, 0.15) is 38.7 Å². The van der Waals surface area contributed by atoms with Crippen molar-refractivity contribution < 1.29 is 9.53 Å². The number of hydrogen-bond donors (Lipinski definition) is 1. The van der Waals surface area contributed by atoms with Gasteiger partial charge in [-0.25, -0.2) is 4.79 Å². The number of methoxy groups -OCH3 is 1. The molecule has 0 saturated carbocycles. The first-order valence-corrected chi connectivity index (χ1v) is 8.71. The lowest BCUT2D eigenvalue weighted by molar-refractivity contribution is 0.186. The SMILES string of the molecule is COc1ccc(C(C)(C)NC(=O)N2CCC[C@H](N(C)C)CC2)cc1. The van der Waals surface area contributed by atoms with Crippen LogP contribution in [0.15, 0.2) is 24.3 Å². The minimum atomic E-state index is -0.420. The molecule has 5 heteroatoms. The normalized spacial score (nSPS) is 19.1. The van der Waals surface area contributed by atoms with Gasteiger partial charge in [0.1, 0.15) is 5.75 Å². The molecule has 134 valence electrons. The number of hydrogen-bond acceptors (Lipinski definition) is 3. The summed E-state index contributed by atoms with van der Waals surface area (Å²) >= 11 is 0. The van der Waals surface area contributed by atoms with Gasteiger partial charge in [0.15, 0.2) is 0 Å². The Morgan fingerprint density at radius 2 is 1.88 bits per heavy atom. The van der Waals surface area contributed by atoms with Crippen molar-refractivity contribution in [2.45, 2.75) is 44.7 Å². The van der Waals surface area contributed by atoms with Crippen molar-refractivity contribution in [3.8, 4) is 5.75 Å². The maximum atomic E-state index is 12.7. The van der Waals surface area contributed by atoms with Crippen LogP contribution < -0.4 is 10.1 Å². The lowest BCUT2D eigenvalue weighted by Gasteiger charge is -2.31. The molecule has 0 unspecified atom stereocenters. The van der Waals surface area contributed by atoms with Crippen molar-refractivity contribution in [3.05, 3.63) is 29.8 Å². The van der Waals surface area contributed by atoms with Crippen molar-refractivity contribution in [3.63, 3.8) is 0 Å². The van der Waals surface area contributed by atoms with Crippen LogP contribution >= 0.6 is 0 Å². The highest BCUT2D eigenvalue weighted by Gasteiger charge is 2.27. The Morgan fingerprint density at radius 1 is 1.21 bits per heavy atom. The predicted molar refractivity (Wildman–Crippen MR) is 97.5 cm³/mol. The molecule has 2 amide bonds. The van der Waals surface area contributed by atoms with E-state index in [1.165, 1.54) is 0 Å². The lowest BCUT2D eigenvalue weighted by Crippen LogP contribution is -2.48. The Bertz CT molecular complexity index is 540. The van der Waals surface area contributed by atoms with E-state index in [1.807, 2.05) is 43.0 Å². The van der Waals surface area contributed by atoms with Gasteiger partial charge in [0.25, 0.3) is 0 Å². The highest BCUT2D eigenvalue weighted by molar-refractivity contribution is 5.75. The molecule has 1 fully saturated rings. The molecule has 0 spiro atoms. The Labute approximate surface area is 146 Å². The third kappa shape index (κ3) is 4.63. The minimum absolute atomic E-state index is 0.0234. The fraction of sp³-hybridized carbons (Fsp3) is 0.632. The molecular formula is C19H31N3O2. The molecule has 0 aliphatic carbocycles. The summed E-state index contributed by atoms with van der Waals surface area (Å²) in [6.07, 6.45) is 3.24. The molecule has 0 radical (unpaired) electrons. The van der Waals surface area contributed by atoms with Crippen LogP contribution in [0.4, 0.5) is 4.79 Å². The zero-order valence-corrected chi connectivity index (χ0v) is 15.6. The molecule has 1 aromatic carbocycles. The van der Waals surface area contributed by atoms with Crippen LogP contribution in [-0.4, -0.2) is 56.2 Å². The van der Waals surface area contributed by atoms with Crippen LogP contribution in [0.3, 0.4) is 0 Å². The standard InChI is InChI=1S/C19H31N3O2/c1-19(2,15-8-10-17(24-5)11-9-15)20-18(23)22-13-6-7-16(12-14-22)21(3)4/h8-11,16H,6-7,12-14H2,1-5H3,(H,20,23)/t16-/m0/s1. The number of amides is 2. The predicted octanol–water partition coefficient (Wildman–Crippen LogP) is 3.06.